The topological polar surface area (TPSA) is 24.9 Å². The van der Waals surface area contributed by atoms with Gasteiger partial charge in [-0.3, -0.25) is 0 Å². The van der Waals surface area contributed by atoms with E-state index in [1.807, 2.05) is 18.2 Å². The first-order chi connectivity index (χ1) is 9.61. The third kappa shape index (κ3) is 2.79. The Labute approximate surface area is 127 Å². The summed E-state index contributed by atoms with van der Waals surface area (Å²) in [4.78, 5) is 4.57. The summed E-state index contributed by atoms with van der Waals surface area (Å²) < 4.78 is 1.10. The highest BCUT2D eigenvalue weighted by atomic mass is 35.5. The van der Waals surface area contributed by atoms with Gasteiger partial charge in [-0.2, -0.15) is 0 Å². The summed E-state index contributed by atoms with van der Waals surface area (Å²) in [5, 5.41) is 5.01. The SMILES string of the molecule is CC(C)c1cccc(Nc2nc3ccc(Cl)cc3s2)c1. The molecule has 0 saturated heterocycles. The molecule has 0 aliphatic heterocycles. The van der Waals surface area contributed by atoms with Crippen molar-refractivity contribution in [3.63, 3.8) is 0 Å². The van der Waals surface area contributed by atoms with Crippen LogP contribution < -0.4 is 5.32 Å². The van der Waals surface area contributed by atoms with Gasteiger partial charge in [0.2, 0.25) is 0 Å². The smallest absolute Gasteiger partial charge is 0.188 e. The van der Waals surface area contributed by atoms with Crippen LogP contribution in [-0.2, 0) is 0 Å². The number of aromatic nitrogens is 1. The minimum absolute atomic E-state index is 0.519. The minimum Gasteiger partial charge on any atom is -0.332 e. The number of halogens is 1. The fourth-order valence-corrected chi connectivity index (χ4v) is 3.21. The largest absolute Gasteiger partial charge is 0.332 e. The maximum absolute atomic E-state index is 6.00. The number of rotatable bonds is 3. The zero-order chi connectivity index (χ0) is 14.1. The molecule has 3 rings (SSSR count). The van der Waals surface area contributed by atoms with Crippen molar-refractivity contribution in [3.8, 4) is 0 Å². The molecule has 1 N–H and O–H groups in total. The van der Waals surface area contributed by atoms with Crippen molar-refractivity contribution in [1.82, 2.24) is 4.98 Å². The van der Waals surface area contributed by atoms with Crippen LogP contribution in [0.25, 0.3) is 10.2 Å². The number of thiazole rings is 1. The molecular weight excluding hydrogens is 288 g/mol. The first-order valence-electron chi connectivity index (χ1n) is 6.55. The molecule has 0 atom stereocenters. The van der Waals surface area contributed by atoms with Crippen LogP contribution in [0.4, 0.5) is 10.8 Å². The maximum Gasteiger partial charge on any atom is 0.188 e. The lowest BCUT2D eigenvalue weighted by atomic mass is 10.0. The van der Waals surface area contributed by atoms with E-state index in [1.165, 1.54) is 5.56 Å². The molecule has 20 heavy (non-hydrogen) atoms. The second kappa shape index (κ2) is 5.43. The van der Waals surface area contributed by atoms with Gasteiger partial charge < -0.3 is 5.32 Å². The number of benzene rings is 2. The Morgan fingerprint density at radius 1 is 1.15 bits per heavy atom. The van der Waals surface area contributed by atoms with Crippen molar-refractivity contribution in [2.75, 3.05) is 5.32 Å². The quantitative estimate of drug-likeness (QED) is 0.659. The molecule has 0 spiro atoms. The van der Waals surface area contributed by atoms with Crippen molar-refractivity contribution in [1.29, 1.82) is 0 Å². The second-order valence-corrected chi connectivity index (χ2v) is 6.50. The van der Waals surface area contributed by atoms with Gasteiger partial charge in [0, 0.05) is 10.7 Å². The summed E-state index contributed by atoms with van der Waals surface area (Å²) in [6.07, 6.45) is 0. The summed E-state index contributed by atoms with van der Waals surface area (Å²) in [7, 11) is 0. The van der Waals surface area contributed by atoms with E-state index < -0.39 is 0 Å². The van der Waals surface area contributed by atoms with Crippen molar-refractivity contribution < 1.29 is 0 Å². The van der Waals surface area contributed by atoms with Crippen LogP contribution in [0.5, 0.6) is 0 Å². The number of hydrogen-bond donors (Lipinski definition) is 1. The summed E-state index contributed by atoms with van der Waals surface area (Å²) >= 11 is 7.62. The fraction of sp³-hybridized carbons (Fsp3) is 0.188. The van der Waals surface area contributed by atoms with Gasteiger partial charge in [-0.25, -0.2) is 4.98 Å². The number of nitrogens with zero attached hydrogens (tertiary/aromatic N) is 1. The molecule has 3 aromatic rings. The van der Waals surface area contributed by atoms with E-state index in [1.54, 1.807) is 11.3 Å². The Morgan fingerprint density at radius 2 is 2.00 bits per heavy atom. The molecule has 102 valence electrons. The van der Waals surface area contributed by atoms with Crippen molar-refractivity contribution in [3.05, 3.63) is 53.1 Å². The van der Waals surface area contributed by atoms with Gasteiger partial charge in [-0.1, -0.05) is 48.9 Å². The van der Waals surface area contributed by atoms with Gasteiger partial charge in [0.1, 0.15) is 0 Å². The van der Waals surface area contributed by atoms with Crippen LogP contribution in [0.2, 0.25) is 5.02 Å². The molecule has 0 amide bonds. The molecular formula is C16H15ClN2S. The molecule has 4 heteroatoms. The van der Waals surface area contributed by atoms with Crippen LogP contribution in [-0.4, -0.2) is 4.98 Å². The highest BCUT2D eigenvalue weighted by Gasteiger charge is 2.06. The van der Waals surface area contributed by atoms with Crippen molar-refractivity contribution in [2.24, 2.45) is 0 Å². The number of fused-ring (bicyclic) bond motifs is 1. The third-order valence-corrected chi connectivity index (χ3v) is 4.32. The summed E-state index contributed by atoms with van der Waals surface area (Å²) in [5.41, 5.74) is 3.36. The molecule has 0 radical (unpaired) electrons. The van der Waals surface area contributed by atoms with Gasteiger partial charge in [0.25, 0.3) is 0 Å². The van der Waals surface area contributed by atoms with Gasteiger partial charge in [-0.15, -0.1) is 0 Å². The van der Waals surface area contributed by atoms with E-state index >= 15 is 0 Å². The molecule has 0 aliphatic carbocycles. The monoisotopic (exact) mass is 302 g/mol. The van der Waals surface area contributed by atoms with Crippen LogP contribution in [0.1, 0.15) is 25.3 Å². The first kappa shape index (κ1) is 13.4. The zero-order valence-electron chi connectivity index (χ0n) is 11.4. The van der Waals surface area contributed by atoms with Crippen LogP contribution in [0.3, 0.4) is 0 Å². The zero-order valence-corrected chi connectivity index (χ0v) is 12.9. The summed E-state index contributed by atoms with van der Waals surface area (Å²) in [6.45, 7) is 4.39. The fourth-order valence-electron chi connectivity index (χ4n) is 2.05. The van der Waals surface area contributed by atoms with E-state index in [-0.39, 0.29) is 0 Å². The number of nitrogens with one attached hydrogen (secondary N) is 1. The average Bonchev–Trinajstić information content (AvgIpc) is 2.80. The lowest BCUT2D eigenvalue weighted by Crippen LogP contribution is -1.92. The highest BCUT2D eigenvalue weighted by Crippen LogP contribution is 2.30. The lowest BCUT2D eigenvalue weighted by Gasteiger charge is -2.08. The van der Waals surface area contributed by atoms with E-state index in [0.29, 0.717) is 5.92 Å². The molecule has 1 aromatic heterocycles. The molecule has 0 saturated carbocycles. The molecule has 2 nitrogen and oxygen atoms in total. The van der Waals surface area contributed by atoms with E-state index in [4.69, 9.17) is 11.6 Å². The Kier molecular flexibility index (Phi) is 3.64. The Morgan fingerprint density at radius 3 is 2.80 bits per heavy atom. The molecule has 0 unspecified atom stereocenters. The predicted molar refractivity (Wildman–Crippen MR) is 88.4 cm³/mol. The van der Waals surface area contributed by atoms with Crippen molar-refractivity contribution >= 4 is 44.0 Å². The lowest BCUT2D eigenvalue weighted by molar-refractivity contribution is 0.867. The first-order valence-corrected chi connectivity index (χ1v) is 7.74. The molecule has 0 fully saturated rings. The number of hydrogen-bond acceptors (Lipinski definition) is 3. The Bertz CT molecular complexity index is 749. The maximum atomic E-state index is 6.00. The average molecular weight is 303 g/mol. The molecule has 0 aliphatic rings. The Hall–Kier alpha value is -1.58. The third-order valence-electron chi connectivity index (χ3n) is 3.16. The van der Waals surface area contributed by atoms with Gasteiger partial charge in [-0.05, 0) is 41.8 Å². The molecule has 1 heterocycles. The summed E-state index contributed by atoms with van der Waals surface area (Å²) in [5.74, 6) is 0.519. The van der Waals surface area contributed by atoms with E-state index in [9.17, 15) is 0 Å². The molecule has 2 aromatic carbocycles. The van der Waals surface area contributed by atoms with Gasteiger partial charge >= 0.3 is 0 Å². The van der Waals surface area contributed by atoms with E-state index in [0.717, 1.165) is 26.1 Å². The van der Waals surface area contributed by atoms with E-state index in [2.05, 4.69) is 48.4 Å². The minimum atomic E-state index is 0.519. The summed E-state index contributed by atoms with van der Waals surface area (Å²) in [6, 6.07) is 14.2. The number of anilines is 2. The second-order valence-electron chi connectivity index (χ2n) is 5.04. The van der Waals surface area contributed by atoms with Crippen LogP contribution in [0.15, 0.2) is 42.5 Å². The van der Waals surface area contributed by atoms with Crippen LogP contribution in [0, 0.1) is 0 Å². The normalized spacial score (nSPS) is 11.2. The van der Waals surface area contributed by atoms with Crippen LogP contribution >= 0.6 is 22.9 Å². The van der Waals surface area contributed by atoms with Gasteiger partial charge in [0.05, 0.1) is 10.2 Å². The van der Waals surface area contributed by atoms with Crippen molar-refractivity contribution in [2.45, 2.75) is 19.8 Å². The standard InChI is InChI=1S/C16H15ClN2S/c1-10(2)11-4-3-5-13(8-11)18-16-19-14-7-6-12(17)9-15(14)20-16/h3-10H,1-2H3,(H,18,19). The highest BCUT2D eigenvalue weighted by molar-refractivity contribution is 7.22. The molecule has 0 bridgehead atoms. The Balaban J connectivity index is 1.90. The van der Waals surface area contributed by atoms with Gasteiger partial charge in [0.15, 0.2) is 5.13 Å². The predicted octanol–water partition coefficient (Wildman–Crippen LogP) is 5.82.